The molecule has 2 aromatic heterocycles. The summed E-state index contributed by atoms with van der Waals surface area (Å²) in [4.78, 5) is 25.7. The molecule has 0 unspecified atom stereocenters. The number of nitrogens with zero attached hydrogens (tertiary/aromatic N) is 1. The highest BCUT2D eigenvalue weighted by Gasteiger charge is 2.14. The summed E-state index contributed by atoms with van der Waals surface area (Å²) >= 11 is 2.75. The van der Waals surface area contributed by atoms with E-state index in [0.717, 1.165) is 32.3 Å². The van der Waals surface area contributed by atoms with Crippen LogP contribution in [0.3, 0.4) is 0 Å². The fraction of sp³-hybridized carbons (Fsp3) is 0.333. The molecular formula is C12H13NO2S2. The molecule has 0 N–H and O–H groups in total. The number of carbonyl (C=O) groups is 1. The third-order valence-corrected chi connectivity index (χ3v) is 4.47. The number of hydrogen-bond acceptors (Lipinski definition) is 4. The molecule has 0 fully saturated rings. The number of rotatable bonds is 3. The van der Waals surface area contributed by atoms with Crippen molar-refractivity contribution < 1.29 is 4.79 Å². The highest BCUT2D eigenvalue weighted by atomic mass is 32.1. The van der Waals surface area contributed by atoms with E-state index < -0.39 is 0 Å². The second kappa shape index (κ2) is 4.58. The first kappa shape index (κ1) is 12.3. The molecule has 2 rings (SSSR count). The second-order valence-electron chi connectivity index (χ2n) is 3.98. The van der Waals surface area contributed by atoms with Crippen molar-refractivity contribution in [1.82, 2.24) is 4.57 Å². The Hall–Kier alpha value is -1.20. The molecular weight excluding hydrogens is 254 g/mol. The lowest BCUT2D eigenvalue weighted by molar-refractivity contribution is 0.0970. The molecule has 90 valence electrons. The normalized spacial score (nSPS) is 10.8. The van der Waals surface area contributed by atoms with Crippen LogP contribution >= 0.6 is 22.7 Å². The maximum Gasteiger partial charge on any atom is 0.307 e. The SMILES string of the molecule is Cc1cc(C(=O)Cn2c(C)csc2=O)c(C)s1. The lowest BCUT2D eigenvalue weighted by atomic mass is 10.1. The summed E-state index contributed by atoms with van der Waals surface area (Å²) < 4.78 is 1.53. The smallest absolute Gasteiger partial charge is 0.296 e. The maximum atomic E-state index is 12.1. The van der Waals surface area contributed by atoms with Crippen molar-refractivity contribution >= 4 is 28.5 Å². The molecule has 0 radical (unpaired) electrons. The first-order valence-electron chi connectivity index (χ1n) is 5.24. The van der Waals surface area contributed by atoms with Crippen LogP contribution in [0.2, 0.25) is 0 Å². The third kappa shape index (κ3) is 2.40. The Balaban J connectivity index is 2.29. The van der Waals surface area contributed by atoms with Gasteiger partial charge >= 0.3 is 4.87 Å². The van der Waals surface area contributed by atoms with Crippen molar-refractivity contribution in [1.29, 1.82) is 0 Å². The van der Waals surface area contributed by atoms with Crippen LogP contribution in [0.1, 0.15) is 25.8 Å². The van der Waals surface area contributed by atoms with Gasteiger partial charge < -0.3 is 0 Å². The molecule has 0 aliphatic rings. The molecule has 0 amide bonds. The summed E-state index contributed by atoms with van der Waals surface area (Å²) in [5.41, 5.74) is 1.59. The molecule has 2 heterocycles. The number of thiophene rings is 1. The van der Waals surface area contributed by atoms with Crippen LogP contribution in [0.4, 0.5) is 0 Å². The Morgan fingerprint density at radius 3 is 2.53 bits per heavy atom. The van der Waals surface area contributed by atoms with Crippen molar-refractivity contribution in [3.8, 4) is 0 Å². The first-order valence-corrected chi connectivity index (χ1v) is 6.94. The van der Waals surface area contributed by atoms with Crippen LogP contribution < -0.4 is 4.87 Å². The van der Waals surface area contributed by atoms with Crippen LogP contribution in [-0.4, -0.2) is 10.4 Å². The van der Waals surface area contributed by atoms with E-state index in [1.165, 1.54) is 4.57 Å². The Kier molecular flexibility index (Phi) is 3.31. The highest BCUT2D eigenvalue weighted by molar-refractivity contribution is 7.12. The first-order chi connectivity index (χ1) is 7.99. The molecule has 0 spiro atoms. The number of thiazole rings is 1. The topological polar surface area (TPSA) is 39.1 Å². The zero-order valence-corrected chi connectivity index (χ0v) is 11.6. The molecule has 3 nitrogen and oxygen atoms in total. The summed E-state index contributed by atoms with van der Waals surface area (Å²) in [6.45, 7) is 5.91. The fourth-order valence-electron chi connectivity index (χ4n) is 1.73. The molecule has 0 saturated heterocycles. The number of carbonyl (C=O) groups excluding carboxylic acids is 1. The van der Waals surface area contributed by atoms with Gasteiger partial charge in [-0.25, -0.2) is 0 Å². The Morgan fingerprint density at radius 2 is 2.06 bits per heavy atom. The van der Waals surface area contributed by atoms with Crippen LogP contribution in [0.25, 0.3) is 0 Å². The van der Waals surface area contributed by atoms with Crippen LogP contribution in [0.5, 0.6) is 0 Å². The highest BCUT2D eigenvalue weighted by Crippen LogP contribution is 2.21. The molecule has 0 saturated carbocycles. The zero-order chi connectivity index (χ0) is 12.6. The molecule has 0 aromatic carbocycles. The van der Waals surface area contributed by atoms with Gasteiger partial charge in [0.15, 0.2) is 5.78 Å². The van der Waals surface area contributed by atoms with E-state index in [9.17, 15) is 9.59 Å². The quantitative estimate of drug-likeness (QED) is 0.802. The van der Waals surface area contributed by atoms with Crippen molar-refractivity contribution in [3.05, 3.63) is 42.1 Å². The lowest BCUT2D eigenvalue weighted by Gasteiger charge is -2.03. The van der Waals surface area contributed by atoms with E-state index in [2.05, 4.69) is 0 Å². The van der Waals surface area contributed by atoms with Gasteiger partial charge in [0.05, 0.1) is 6.54 Å². The van der Waals surface area contributed by atoms with Crippen LogP contribution in [0, 0.1) is 20.8 Å². The average Bonchev–Trinajstić information content (AvgIpc) is 2.74. The summed E-state index contributed by atoms with van der Waals surface area (Å²) in [5.74, 6) is 0.00968. The molecule has 5 heteroatoms. The van der Waals surface area contributed by atoms with Crippen molar-refractivity contribution in [2.75, 3.05) is 0 Å². The van der Waals surface area contributed by atoms with E-state index in [-0.39, 0.29) is 17.2 Å². The Labute approximate surface area is 107 Å². The standard InChI is InChI=1S/C12H13NO2S2/c1-7-6-16-12(15)13(7)5-11(14)10-4-8(2)17-9(10)3/h4,6H,5H2,1-3H3. The van der Waals surface area contributed by atoms with Gasteiger partial charge in [-0.2, -0.15) is 0 Å². The van der Waals surface area contributed by atoms with Gasteiger partial charge in [0.25, 0.3) is 0 Å². The van der Waals surface area contributed by atoms with E-state index in [1.807, 2.05) is 26.8 Å². The zero-order valence-electron chi connectivity index (χ0n) is 9.94. The summed E-state index contributed by atoms with van der Waals surface area (Å²) in [5, 5.41) is 1.78. The molecule has 0 aliphatic heterocycles. The van der Waals surface area contributed by atoms with Gasteiger partial charge in [0.2, 0.25) is 0 Å². The minimum atomic E-state index is -0.0690. The number of Topliss-reactive ketones (excluding diaryl/α,β-unsaturated/α-hetero) is 1. The van der Waals surface area contributed by atoms with Gasteiger partial charge in [-0.15, -0.1) is 11.3 Å². The summed E-state index contributed by atoms with van der Waals surface area (Å²) in [6, 6.07) is 1.90. The van der Waals surface area contributed by atoms with Gasteiger partial charge in [-0.05, 0) is 26.8 Å². The Bertz CT molecular complexity index is 619. The summed E-state index contributed by atoms with van der Waals surface area (Å²) in [7, 11) is 0. The second-order valence-corrected chi connectivity index (χ2v) is 6.26. The minimum Gasteiger partial charge on any atom is -0.296 e. The van der Waals surface area contributed by atoms with Gasteiger partial charge in [-0.1, -0.05) is 11.3 Å². The molecule has 0 atom stereocenters. The predicted molar refractivity (Wildman–Crippen MR) is 71.4 cm³/mol. The summed E-state index contributed by atoms with van der Waals surface area (Å²) in [6.07, 6.45) is 0. The lowest BCUT2D eigenvalue weighted by Crippen LogP contribution is -2.20. The van der Waals surface area contributed by atoms with E-state index in [4.69, 9.17) is 0 Å². The maximum absolute atomic E-state index is 12.1. The molecule has 17 heavy (non-hydrogen) atoms. The third-order valence-electron chi connectivity index (χ3n) is 2.62. The number of aryl methyl sites for hydroxylation is 3. The van der Waals surface area contributed by atoms with Gasteiger partial charge in [-0.3, -0.25) is 14.2 Å². The van der Waals surface area contributed by atoms with Crippen molar-refractivity contribution in [2.45, 2.75) is 27.3 Å². The monoisotopic (exact) mass is 267 g/mol. The largest absolute Gasteiger partial charge is 0.307 e. The van der Waals surface area contributed by atoms with Gasteiger partial charge in [0, 0.05) is 26.4 Å². The van der Waals surface area contributed by atoms with E-state index >= 15 is 0 Å². The van der Waals surface area contributed by atoms with Crippen molar-refractivity contribution in [3.63, 3.8) is 0 Å². The Morgan fingerprint density at radius 1 is 1.35 bits per heavy atom. The number of hydrogen-bond donors (Lipinski definition) is 0. The number of ketones is 1. The van der Waals surface area contributed by atoms with Crippen LogP contribution in [0.15, 0.2) is 16.2 Å². The van der Waals surface area contributed by atoms with E-state index in [0.29, 0.717) is 0 Å². The predicted octanol–water partition coefficient (Wildman–Crippen LogP) is 2.78. The van der Waals surface area contributed by atoms with Crippen LogP contribution in [-0.2, 0) is 6.54 Å². The van der Waals surface area contributed by atoms with Gasteiger partial charge in [0.1, 0.15) is 0 Å². The molecule has 0 bridgehead atoms. The number of aromatic nitrogens is 1. The fourth-order valence-corrected chi connectivity index (χ4v) is 3.41. The molecule has 2 aromatic rings. The van der Waals surface area contributed by atoms with Crippen molar-refractivity contribution in [2.24, 2.45) is 0 Å². The van der Waals surface area contributed by atoms with E-state index in [1.54, 1.807) is 16.7 Å². The average molecular weight is 267 g/mol. The molecule has 0 aliphatic carbocycles. The minimum absolute atomic E-state index is 0.00968.